The Morgan fingerprint density at radius 2 is 2.11 bits per heavy atom. The van der Waals surface area contributed by atoms with Crippen molar-refractivity contribution < 1.29 is 5.11 Å². The van der Waals surface area contributed by atoms with Gasteiger partial charge in [0.05, 0.1) is 12.3 Å². The quantitative estimate of drug-likeness (QED) is 0.897. The van der Waals surface area contributed by atoms with Gasteiger partial charge in [0.15, 0.2) is 0 Å². The van der Waals surface area contributed by atoms with Crippen LogP contribution in [0.4, 0.5) is 0 Å². The monoisotopic (exact) mass is 256 g/mol. The van der Waals surface area contributed by atoms with Crippen LogP contribution in [0.3, 0.4) is 0 Å². The van der Waals surface area contributed by atoms with Crippen LogP contribution in [-0.4, -0.2) is 14.7 Å². The summed E-state index contributed by atoms with van der Waals surface area (Å²) in [5.74, 6) is 1.03. The van der Waals surface area contributed by atoms with Gasteiger partial charge in [-0.05, 0) is 44.7 Å². The minimum Gasteiger partial charge on any atom is -0.390 e. The standard InChI is InChI=1S/C16H20N2O/c1-11-6-7-12(2)13(9-11)16-17-14(10-19)15-5-3-4-8-18(15)16/h6-7,9,19H,3-5,8,10H2,1-2H3. The van der Waals surface area contributed by atoms with Gasteiger partial charge >= 0.3 is 0 Å². The highest BCUT2D eigenvalue weighted by Gasteiger charge is 2.21. The second-order valence-corrected chi connectivity index (χ2v) is 5.41. The van der Waals surface area contributed by atoms with E-state index in [1.807, 2.05) is 0 Å². The molecular formula is C16H20N2O. The van der Waals surface area contributed by atoms with Crippen molar-refractivity contribution >= 4 is 0 Å². The number of nitrogens with zero attached hydrogens (tertiary/aromatic N) is 2. The third-order valence-corrected chi connectivity index (χ3v) is 3.98. The Morgan fingerprint density at radius 3 is 2.89 bits per heavy atom. The number of fused-ring (bicyclic) bond motifs is 1. The number of benzene rings is 1. The molecule has 1 aromatic heterocycles. The van der Waals surface area contributed by atoms with Crippen molar-refractivity contribution in [2.24, 2.45) is 0 Å². The SMILES string of the molecule is Cc1ccc(C)c(-c2nc(CO)c3n2CCCC3)c1. The van der Waals surface area contributed by atoms with Crippen LogP contribution >= 0.6 is 0 Å². The van der Waals surface area contributed by atoms with E-state index in [0.717, 1.165) is 24.5 Å². The lowest BCUT2D eigenvalue weighted by atomic mass is 10.0. The number of rotatable bonds is 2. The van der Waals surface area contributed by atoms with Crippen LogP contribution in [-0.2, 0) is 19.6 Å². The van der Waals surface area contributed by atoms with Gasteiger partial charge in [0.1, 0.15) is 5.82 Å². The van der Waals surface area contributed by atoms with E-state index in [2.05, 4.69) is 36.6 Å². The summed E-state index contributed by atoms with van der Waals surface area (Å²) < 4.78 is 2.30. The van der Waals surface area contributed by atoms with E-state index in [1.54, 1.807) is 0 Å². The zero-order valence-corrected chi connectivity index (χ0v) is 11.6. The Kier molecular flexibility index (Phi) is 3.15. The lowest BCUT2D eigenvalue weighted by Gasteiger charge is -2.18. The smallest absolute Gasteiger partial charge is 0.140 e. The maximum absolute atomic E-state index is 9.50. The van der Waals surface area contributed by atoms with Crippen molar-refractivity contribution in [1.29, 1.82) is 0 Å². The van der Waals surface area contributed by atoms with Gasteiger partial charge in [0.25, 0.3) is 0 Å². The summed E-state index contributed by atoms with van der Waals surface area (Å²) in [4.78, 5) is 4.70. The topological polar surface area (TPSA) is 38.1 Å². The van der Waals surface area contributed by atoms with Gasteiger partial charge in [-0.2, -0.15) is 0 Å². The summed E-state index contributed by atoms with van der Waals surface area (Å²) in [7, 11) is 0. The zero-order chi connectivity index (χ0) is 13.4. The van der Waals surface area contributed by atoms with Crippen molar-refractivity contribution in [3.05, 3.63) is 40.7 Å². The molecular weight excluding hydrogens is 236 g/mol. The third-order valence-electron chi connectivity index (χ3n) is 3.98. The van der Waals surface area contributed by atoms with E-state index in [4.69, 9.17) is 4.98 Å². The molecule has 3 heteroatoms. The van der Waals surface area contributed by atoms with Crippen molar-refractivity contribution in [3.8, 4) is 11.4 Å². The molecule has 2 aromatic rings. The van der Waals surface area contributed by atoms with Crippen LogP contribution in [0, 0.1) is 13.8 Å². The fourth-order valence-corrected chi connectivity index (χ4v) is 2.93. The highest BCUT2D eigenvalue weighted by Crippen LogP contribution is 2.30. The number of hydrogen-bond donors (Lipinski definition) is 1. The molecule has 1 N–H and O–H groups in total. The molecule has 0 atom stereocenters. The first-order valence-electron chi connectivity index (χ1n) is 6.97. The molecule has 3 rings (SSSR count). The van der Waals surface area contributed by atoms with Crippen molar-refractivity contribution in [1.82, 2.24) is 9.55 Å². The lowest BCUT2D eigenvalue weighted by molar-refractivity contribution is 0.275. The molecule has 0 bridgehead atoms. The summed E-state index contributed by atoms with van der Waals surface area (Å²) in [6.45, 7) is 5.29. The van der Waals surface area contributed by atoms with E-state index in [0.29, 0.717) is 0 Å². The molecule has 100 valence electrons. The third kappa shape index (κ3) is 2.08. The molecule has 0 aliphatic carbocycles. The van der Waals surface area contributed by atoms with Gasteiger partial charge in [0, 0.05) is 17.8 Å². The Bertz CT molecular complexity index is 613. The average Bonchev–Trinajstić information content (AvgIpc) is 2.80. The van der Waals surface area contributed by atoms with Crippen LogP contribution in [0.25, 0.3) is 11.4 Å². The molecule has 0 amide bonds. The van der Waals surface area contributed by atoms with Crippen molar-refractivity contribution in [2.45, 2.75) is 46.3 Å². The summed E-state index contributed by atoms with van der Waals surface area (Å²) in [5.41, 5.74) is 5.77. The molecule has 1 aliphatic rings. The van der Waals surface area contributed by atoms with E-state index >= 15 is 0 Å². The summed E-state index contributed by atoms with van der Waals surface area (Å²) in [6.07, 6.45) is 3.44. The summed E-state index contributed by atoms with van der Waals surface area (Å²) in [5, 5.41) is 9.50. The fraction of sp³-hybridized carbons (Fsp3) is 0.438. The van der Waals surface area contributed by atoms with Gasteiger partial charge < -0.3 is 9.67 Å². The first kappa shape index (κ1) is 12.4. The number of aliphatic hydroxyl groups excluding tert-OH is 1. The maximum Gasteiger partial charge on any atom is 0.140 e. The number of hydrogen-bond acceptors (Lipinski definition) is 2. The molecule has 1 aliphatic heterocycles. The fourth-order valence-electron chi connectivity index (χ4n) is 2.93. The predicted octanol–water partition coefficient (Wildman–Crippen LogP) is 3.00. The minimum absolute atomic E-state index is 0.0419. The van der Waals surface area contributed by atoms with Crippen LogP contribution in [0.1, 0.15) is 35.4 Å². The van der Waals surface area contributed by atoms with Crippen molar-refractivity contribution in [2.75, 3.05) is 0 Å². The number of aliphatic hydroxyl groups is 1. The highest BCUT2D eigenvalue weighted by atomic mass is 16.3. The van der Waals surface area contributed by atoms with Crippen molar-refractivity contribution in [3.63, 3.8) is 0 Å². The number of aromatic nitrogens is 2. The Balaban J connectivity index is 2.19. The minimum atomic E-state index is 0.0419. The van der Waals surface area contributed by atoms with E-state index in [9.17, 15) is 5.11 Å². The molecule has 3 nitrogen and oxygen atoms in total. The highest BCUT2D eigenvalue weighted by molar-refractivity contribution is 5.62. The first-order valence-corrected chi connectivity index (χ1v) is 6.97. The molecule has 0 radical (unpaired) electrons. The molecule has 1 aromatic carbocycles. The van der Waals surface area contributed by atoms with E-state index in [1.165, 1.54) is 35.2 Å². The molecule has 0 saturated carbocycles. The summed E-state index contributed by atoms with van der Waals surface area (Å²) in [6, 6.07) is 6.47. The first-order chi connectivity index (χ1) is 9.20. The maximum atomic E-state index is 9.50. The largest absolute Gasteiger partial charge is 0.390 e. The summed E-state index contributed by atoms with van der Waals surface area (Å²) >= 11 is 0. The number of aryl methyl sites for hydroxylation is 2. The van der Waals surface area contributed by atoms with Gasteiger partial charge in [-0.25, -0.2) is 4.98 Å². The van der Waals surface area contributed by atoms with Crippen LogP contribution < -0.4 is 0 Å². The van der Waals surface area contributed by atoms with Crippen LogP contribution in [0.2, 0.25) is 0 Å². The van der Waals surface area contributed by atoms with E-state index in [-0.39, 0.29) is 6.61 Å². The Hall–Kier alpha value is -1.61. The van der Waals surface area contributed by atoms with Gasteiger partial charge in [-0.15, -0.1) is 0 Å². The van der Waals surface area contributed by atoms with E-state index < -0.39 is 0 Å². The number of imidazole rings is 1. The molecule has 19 heavy (non-hydrogen) atoms. The molecule has 2 heterocycles. The second-order valence-electron chi connectivity index (χ2n) is 5.41. The molecule has 0 fully saturated rings. The molecule has 0 spiro atoms. The second kappa shape index (κ2) is 4.82. The molecule has 0 unspecified atom stereocenters. The Morgan fingerprint density at radius 1 is 1.26 bits per heavy atom. The van der Waals surface area contributed by atoms with Gasteiger partial charge in [-0.1, -0.05) is 17.7 Å². The normalized spacial score (nSPS) is 14.5. The molecule has 0 saturated heterocycles. The Labute approximate surface area is 113 Å². The van der Waals surface area contributed by atoms with Gasteiger partial charge in [0.2, 0.25) is 0 Å². The zero-order valence-electron chi connectivity index (χ0n) is 11.6. The predicted molar refractivity (Wildman–Crippen MR) is 76.0 cm³/mol. The van der Waals surface area contributed by atoms with Gasteiger partial charge in [-0.3, -0.25) is 0 Å². The van der Waals surface area contributed by atoms with Crippen LogP contribution in [0.15, 0.2) is 18.2 Å². The van der Waals surface area contributed by atoms with Crippen LogP contribution in [0.5, 0.6) is 0 Å². The average molecular weight is 256 g/mol. The lowest BCUT2D eigenvalue weighted by Crippen LogP contribution is -2.12.